The summed E-state index contributed by atoms with van der Waals surface area (Å²) in [6, 6.07) is 2.36. The van der Waals surface area contributed by atoms with Gasteiger partial charge in [-0.3, -0.25) is 0 Å². The summed E-state index contributed by atoms with van der Waals surface area (Å²) in [6.07, 6.45) is 7.84. The molecule has 15 heavy (non-hydrogen) atoms. The van der Waals surface area contributed by atoms with Gasteiger partial charge in [0.2, 0.25) is 0 Å². The van der Waals surface area contributed by atoms with Crippen molar-refractivity contribution < 1.29 is 0 Å². The fourth-order valence-corrected chi connectivity index (χ4v) is 1.55. The standard InChI is InChI=1S/C11H20N4/c1-3-5-6-7-10(4-2)13-11-8-9-12-15-14-11/h8-10H,3-7H2,1-2H3,(H,12,13,14). The highest BCUT2D eigenvalue weighted by Crippen LogP contribution is 2.11. The Hall–Kier alpha value is -1.19. The van der Waals surface area contributed by atoms with Gasteiger partial charge in [0, 0.05) is 12.1 Å². The van der Waals surface area contributed by atoms with Crippen molar-refractivity contribution in [3.05, 3.63) is 12.3 Å². The molecule has 0 amide bonds. The van der Waals surface area contributed by atoms with Crippen LogP contribution in [-0.4, -0.2) is 21.5 Å². The SMILES string of the molecule is CCCCCC(CC)Nc1ccnnn1. The van der Waals surface area contributed by atoms with E-state index in [1.54, 1.807) is 6.20 Å². The Bertz CT molecular complexity index is 250. The summed E-state index contributed by atoms with van der Waals surface area (Å²) in [7, 11) is 0. The minimum Gasteiger partial charge on any atom is -0.366 e. The van der Waals surface area contributed by atoms with Crippen molar-refractivity contribution in [3.63, 3.8) is 0 Å². The average Bonchev–Trinajstić information content (AvgIpc) is 2.29. The van der Waals surface area contributed by atoms with Gasteiger partial charge in [0.25, 0.3) is 0 Å². The maximum absolute atomic E-state index is 3.92. The van der Waals surface area contributed by atoms with Crippen LogP contribution in [0.4, 0.5) is 5.82 Å². The maximum Gasteiger partial charge on any atom is 0.152 e. The lowest BCUT2D eigenvalue weighted by Crippen LogP contribution is -2.19. The Morgan fingerprint density at radius 2 is 2.20 bits per heavy atom. The quantitative estimate of drug-likeness (QED) is 0.700. The molecule has 84 valence electrons. The second kappa shape index (κ2) is 7.15. The molecular weight excluding hydrogens is 188 g/mol. The lowest BCUT2D eigenvalue weighted by Gasteiger charge is -2.16. The Morgan fingerprint density at radius 3 is 2.80 bits per heavy atom. The molecule has 4 heteroatoms. The summed E-state index contributed by atoms with van der Waals surface area (Å²) in [6.45, 7) is 4.42. The molecule has 4 nitrogen and oxygen atoms in total. The molecule has 1 atom stereocenters. The summed E-state index contributed by atoms with van der Waals surface area (Å²) >= 11 is 0. The monoisotopic (exact) mass is 208 g/mol. The van der Waals surface area contributed by atoms with Gasteiger partial charge in [-0.2, -0.15) is 0 Å². The number of rotatable bonds is 7. The van der Waals surface area contributed by atoms with Crippen LogP contribution in [0.15, 0.2) is 12.3 Å². The normalized spacial score (nSPS) is 12.4. The molecule has 1 rings (SSSR count). The predicted octanol–water partition coefficient (Wildman–Crippen LogP) is 2.64. The lowest BCUT2D eigenvalue weighted by atomic mass is 10.1. The third-order valence-corrected chi connectivity index (χ3v) is 2.50. The first-order valence-electron chi connectivity index (χ1n) is 5.77. The van der Waals surface area contributed by atoms with E-state index >= 15 is 0 Å². The largest absolute Gasteiger partial charge is 0.366 e. The minimum atomic E-state index is 0.508. The van der Waals surface area contributed by atoms with Crippen LogP contribution in [0.5, 0.6) is 0 Å². The Morgan fingerprint density at radius 1 is 1.33 bits per heavy atom. The van der Waals surface area contributed by atoms with Crippen LogP contribution in [-0.2, 0) is 0 Å². The highest BCUT2D eigenvalue weighted by molar-refractivity contribution is 5.31. The number of nitrogens with one attached hydrogen (secondary N) is 1. The molecule has 1 N–H and O–H groups in total. The zero-order valence-electron chi connectivity index (χ0n) is 9.61. The molecule has 0 aromatic carbocycles. The van der Waals surface area contributed by atoms with Gasteiger partial charge in [-0.1, -0.05) is 33.1 Å². The number of hydrogen-bond donors (Lipinski definition) is 1. The number of nitrogens with zero attached hydrogens (tertiary/aromatic N) is 3. The number of unbranched alkanes of at least 4 members (excludes halogenated alkanes) is 2. The van der Waals surface area contributed by atoms with Gasteiger partial charge >= 0.3 is 0 Å². The van der Waals surface area contributed by atoms with Crippen molar-refractivity contribution in [1.82, 2.24) is 15.4 Å². The molecule has 0 aliphatic heterocycles. The highest BCUT2D eigenvalue weighted by Gasteiger charge is 2.05. The van der Waals surface area contributed by atoms with Crippen molar-refractivity contribution in [1.29, 1.82) is 0 Å². The van der Waals surface area contributed by atoms with Crippen LogP contribution < -0.4 is 5.32 Å². The summed E-state index contributed by atoms with van der Waals surface area (Å²) in [5, 5.41) is 14.6. The fourth-order valence-electron chi connectivity index (χ4n) is 1.55. The van der Waals surface area contributed by atoms with Crippen LogP contribution in [0, 0.1) is 0 Å². The van der Waals surface area contributed by atoms with Gasteiger partial charge in [0.1, 0.15) is 0 Å². The number of anilines is 1. The summed E-state index contributed by atoms with van der Waals surface area (Å²) in [4.78, 5) is 0. The third-order valence-electron chi connectivity index (χ3n) is 2.50. The molecule has 0 aliphatic rings. The molecule has 0 radical (unpaired) electrons. The van der Waals surface area contributed by atoms with Crippen molar-refractivity contribution in [2.24, 2.45) is 0 Å². The molecule has 0 saturated heterocycles. The molecule has 1 unspecified atom stereocenters. The first-order valence-corrected chi connectivity index (χ1v) is 5.77. The molecule has 1 aromatic heterocycles. The van der Waals surface area contributed by atoms with Crippen molar-refractivity contribution in [2.45, 2.75) is 52.0 Å². The van der Waals surface area contributed by atoms with Gasteiger partial charge in [-0.15, -0.1) is 10.2 Å². The molecule has 0 aliphatic carbocycles. The van der Waals surface area contributed by atoms with Crippen molar-refractivity contribution in [3.8, 4) is 0 Å². The van der Waals surface area contributed by atoms with E-state index in [4.69, 9.17) is 0 Å². The Labute approximate surface area is 91.5 Å². The molecule has 0 fully saturated rings. The van der Waals surface area contributed by atoms with Crippen LogP contribution in [0.3, 0.4) is 0 Å². The van der Waals surface area contributed by atoms with E-state index in [0.717, 1.165) is 12.2 Å². The van der Waals surface area contributed by atoms with E-state index < -0.39 is 0 Å². The van der Waals surface area contributed by atoms with E-state index in [0.29, 0.717) is 6.04 Å². The van der Waals surface area contributed by atoms with E-state index in [2.05, 4.69) is 34.6 Å². The first-order chi connectivity index (χ1) is 7.36. The predicted molar refractivity (Wildman–Crippen MR) is 61.7 cm³/mol. The Kier molecular flexibility index (Phi) is 5.66. The zero-order chi connectivity index (χ0) is 10.9. The minimum absolute atomic E-state index is 0.508. The average molecular weight is 208 g/mol. The maximum atomic E-state index is 3.92. The lowest BCUT2D eigenvalue weighted by molar-refractivity contribution is 0.571. The van der Waals surface area contributed by atoms with E-state index in [1.165, 1.54) is 25.7 Å². The smallest absolute Gasteiger partial charge is 0.152 e. The summed E-state index contributed by atoms with van der Waals surface area (Å²) in [5.74, 6) is 0.827. The zero-order valence-corrected chi connectivity index (χ0v) is 9.61. The van der Waals surface area contributed by atoms with E-state index in [-0.39, 0.29) is 0 Å². The van der Waals surface area contributed by atoms with Gasteiger partial charge in [0.15, 0.2) is 5.82 Å². The van der Waals surface area contributed by atoms with Crippen LogP contribution in [0.25, 0.3) is 0 Å². The van der Waals surface area contributed by atoms with Crippen LogP contribution in [0.2, 0.25) is 0 Å². The molecule has 0 bridgehead atoms. The Balaban J connectivity index is 2.33. The molecule has 0 saturated carbocycles. The number of hydrogen-bond acceptors (Lipinski definition) is 4. The van der Waals surface area contributed by atoms with E-state index in [9.17, 15) is 0 Å². The van der Waals surface area contributed by atoms with Gasteiger partial charge < -0.3 is 5.32 Å². The third kappa shape index (κ3) is 4.72. The molecular formula is C11H20N4. The van der Waals surface area contributed by atoms with E-state index in [1.807, 2.05) is 6.07 Å². The molecule has 1 aromatic rings. The second-order valence-corrected chi connectivity index (χ2v) is 3.75. The fraction of sp³-hybridized carbons (Fsp3) is 0.727. The first kappa shape index (κ1) is 11.9. The van der Waals surface area contributed by atoms with Crippen LogP contribution >= 0.6 is 0 Å². The number of aromatic nitrogens is 3. The van der Waals surface area contributed by atoms with Gasteiger partial charge in [0.05, 0.1) is 6.20 Å². The topological polar surface area (TPSA) is 50.7 Å². The van der Waals surface area contributed by atoms with Gasteiger partial charge in [-0.25, -0.2) is 0 Å². The summed E-state index contributed by atoms with van der Waals surface area (Å²) < 4.78 is 0. The highest BCUT2D eigenvalue weighted by atomic mass is 15.3. The van der Waals surface area contributed by atoms with Gasteiger partial charge in [-0.05, 0) is 18.1 Å². The molecule has 1 heterocycles. The molecule has 0 spiro atoms. The van der Waals surface area contributed by atoms with Crippen molar-refractivity contribution >= 4 is 5.82 Å². The summed E-state index contributed by atoms with van der Waals surface area (Å²) in [5.41, 5.74) is 0. The van der Waals surface area contributed by atoms with Crippen molar-refractivity contribution in [2.75, 3.05) is 5.32 Å². The van der Waals surface area contributed by atoms with Crippen LogP contribution in [0.1, 0.15) is 46.0 Å². The second-order valence-electron chi connectivity index (χ2n) is 3.75.